The molecule has 0 amide bonds. The minimum Gasteiger partial charge on any atom is -0.508 e. The Hall–Kier alpha value is -10.3. The Morgan fingerprint density at radius 2 is 1.12 bits per heavy atom. The summed E-state index contributed by atoms with van der Waals surface area (Å²) in [6, 6.07) is 5.90. The molecule has 28 nitrogen and oxygen atoms in total. The lowest BCUT2D eigenvalue weighted by Crippen LogP contribution is -2.31. The van der Waals surface area contributed by atoms with Crippen molar-refractivity contribution in [2.24, 2.45) is 35.7 Å². The van der Waals surface area contributed by atoms with Gasteiger partial charge in [-0.25, -0.2) is 34.7 Å². The summed E-state index contributed by atoms with van der Waals surface area (Å²) in [6.07, 6.45) is -2.51. The predicted molar refractivity (Wildman–Crippen MR) is 326 cm³/mol. The van der Waals surface area contributed by atoms with E-state index in [4.69, 9.17) is 63.7 Å². The van der Waals surface area contributed by atoms with Gasteiger partial charge < -0.3 is 90.1 Å². The SMILES string of the molecule is COC(=O)C1N=C(O)[C@H]2N=C(O)[C@H](N=C(O)[C@@H]3N=C(O)C4N=C(O)[C@@H](Cc5ccc(c(Cl)c5)Oc5cc3cc(c5O)Oc3ccc(cc3Cl)[C@H]2O)N=C(O)[C@@H](N)c2ccc(OS(=O)(=O)O)c(c2)Oc2cc(O)cc4c2)c2cc(Cl)c(O)c(c2)-c2c(O)cc(O)cc21. The Bertz CT molecular complexity index is 4510. The van der Waals surface area contributed by atoms with Gasteiger partial charge in [-0.15, -0.1) is 0 Å². The Kier molecular flexibility index (Phi) is 16.6. The standard InChI is InChI=1S/C59H46Cl3N7O21S/c1-86-59(82)48-30-19-28(71)20-36(72)43(30)31-12-25(14-34(62)51(31)74)46-57(80)69-49(58(81)68-48)50(73)23-4-6-38(33(61)13-23)89-42-17-26-16-41(52(42)75)88-37-5-2-21(8-32(37)60)9-35-53(76)65-45(55(78)67-47(26)56(79)66-46)24-10-27(70)18-29(11-24)87-40-15-22(44(63)54(77)64-35)3-7-39(40)90-91(83,84)85/h2-8,10-20,35,44-50,70-75H,9,63H2,1H3,(H,64,77)(H,65,76)(H,66,79)(H,67,78)(H,68,81)(H,69,80)(H,83,84,85)/t35-,44+,45?,46-,47-,48?,49+,50-/m1/s1. The van der Waals surface area contributed by atoms with E-state index in [0.29, 0.717) is 0 Å². The Morgan fingerprint density at radius 1 is 0.549 bits per heavy atom. The van der Waals surface area contributed by atoms with Gasteiger partial charge >= 0.3 is 16.4 Å². The van der Waals surface area contributed by atoms with Crippen molar-refractivity contribution in [1.29, 1.82) is 0 Å². The summed E-state index contributed by atoms with van der Waals surface area (Å²) in [4.78, 5) is 39.8. The molecule has 15 N–H and O–H groups in total. The van der Waals surface area contributed by atoms with E-state index in [0.717, 1.165) is 79.9 Å². The molecule has 0 fully saturated rings. The highest BCUT2D eigenvalue weighted by molar-refractivity contribution is 7.81. The number of hydrogen-bond acceptors (Lipinski definition) is 21. The number of ether oxygens (including phenoxy) is 4. The van der Waals surface area contributed by atoms with Gasteiger partial charge in [-0.1, -0.05) is 53.0 Å². The van der Waals surface area contributed by atoms with E-state index in [2.05, 4.69) is 30.0 Å². The summed E-state index contributed by atoms with van der Waals surface area (Å²) in [5, 5.41) is 143. The van der Waals surface area contributed by atoms with Crippen LogP contribution in [-0.2, 0) is 26.4 Å². The van der Waals surface area contributed by atoms with Crippen molar-refractivity contribution >= 4 is 86.6 Å². The van der Waals surface area contributed by atoms with E-state index < -0.39 is 179 Å². The van der Waals surface area contributed by atoms with Gasteiger partial charge in [0.15, 0.2) is 53.2 Å². The molecule has 470 valence electrons. The number of fused-ring (bicyclic) bond motifs is 12. The molecule has 7 aromatic carbocycles. The van der Waals surface area contributed by atoms with Gasteiger partial charge in [0.25, 0.3) is 0 Å². The molecule has 32 heteroatoms. The molecule has 91 heavy (non-hydrogen) atoms. The number of aliphatic hydroxyl groups excluding tert-OH is 7. The van der Waals surface area contributed by atoms with Crippen LogP contribution in [0.15, 0.2) is 139 Å². The fourth-order valence-electron chi connectivity index (χ4n) is 10.2. The van der Waals surface area contributed by atoms with Crippen molar-refractivity contribution < 1.29 is 102 Å². The number of nitrogens with two attached hydrogens (primary N) is 1. The monoisotopic (exact) mass is 1330 g/mol. The van der Waals surface area contributed by atoms with Crippen LogP contribution in [0.3, 0.4) is 0 Å². The average molecular weight is 1330 g/mol. The van der Waals surface area contributed by atoms with Crippen LogP contribution in [0.4, 0.5) is 0 Å². The zero-order chi connectivity index (χ0) is 65.2. The van der Waals surface area contributed by atoms with E-state index in [1.165, 1.54) is 36.4 Å². The molecule has 6 aliphatic rings. The Balaban J connectivity index is 1.23. The second kappa shape index (κ2) is 24.3. The van der Waals surface area contributed by atoms with E-state index in [1.54, 1.807) is 0 Å². The number of aliphatic imine (C=N–C) groups is 6. The number of esters is 1. The minimum absolute atomic E-state index is 0.0149. The topological polar surface area (TPSA) is 461 Å². The molecular formula is C59H46Cl3N7O21S. The average Bonchev–Trinajstić information content (AvgIpc) is 1.16. The summed E-state index contributed by atoms with van der Waals surface area (Å²) >= 11 is 20.5. The third kappa shape index (κ3) is 12.6. The Morgan fingerprint density at radius 3 is 1.76 bits per heavy atom. The van der Waals surface area contributed by atoms with E-state index in [-0.39, 0.29) is 61.3 Å². The van der Waals surface area contributed by atoms with Crippen LogP contribution in [-0.4, -0.2) is 135 Å². The van der Waals surface area contributed by atoms with Crippen LogP contribution >= 0.6 is 34.8 Å². The molecule has 17 bridgehead atoms. The van der Waals surface area contributed by atoms with Crippen LogP contribution in [0.5, 0.6) is 69.0 Å². The van der Waals surface area contributed by atoms with Crippen molar-refractivity contribution in [2.75, 3.05) is 7.11 Å². The van der Waals surface area contributed by atoms with Crippen molar-refractivity contribution in [1.82, 2.24) is 0 Å². The third-order valence-electron chi connectivity index (χ3n) is 14.5. The van der Waals surface area contributed by atoms with Crippen molar-refractivity contribution in [3.8, 4) is 80.1 Å². The van der Waals surface area contributed by atoms with Gasteiger partial charge in [0.05, 0.1) is 22.2 Å². The second-order valence-corrected chi connectivity index (χ2v) is 22.8. The number of halogens is 3. The third-order valence-corrected chi connectivity index (χ3v) is 15.8. The molecule has 0 aliphatic carbocycles. The van der Waals surface area contributed by atoms with Crippen molar-refractivity contribution in [3.63, 3.8) is 0 Å². The second-order valence-electron chi connectivity index (χ2n) is 20.6. The zero-order valence-electron chi connectivity index (χ0n) is 46.1. The van der Waals surface area contributed by atoms with Gasteiger partial charge in [-0.3, -0.25) is 4.55 Å². The van der Waals surface area contributed by atoms with Gasteiger partial charge in [-0.05, 0) is 112 Å². The summed E-state index contributed by atoms with van der Waals surface area (Å²) in [6.45, 7) is 0. The van der Waals surface area contributed by atoms with E-state index in [1.807, 2.05) is 0 Å². The molecule has 6 aliphatic heterocycles. The lowest BCUT2D eigenvalue weighted by Gasteiger charge is -2.25. The van der Waals surface area contributed by atoms with Crippen molar-refractivity contribution in [2.45, 2.75) is 54.8 Å². The highest BCUT2D eigenvalue weighted by Crippen LogP contribution is 2.50. The maximum Gasteiger partial charge on any atom is 0.446 e. The number of phenols is 5. The number of hydrogen-bond donors (Lipinski definition) is 14. The molecule has 7 aromatic rings. The van der Waals surface area contributed by atoms with Crippen LogP contribution in [0.25, 0.3) is 11.1 Å². The first-order valence-corrected chi connectivity index (χ1v) is 28.9. The van der Waals surface area contributed by atoms with Crippen LogP contribution < -0.4 is 24.1 Å². The van der Waals surface area contributed by atoms with E-state index >= 15 is 0 Å². The number of phenolic OH excluding ortho intramolecular Hbond substituents is 5. The molecule has 0 saturated heterocycles. The smallest absolute Gasteiger partial charge is 0.446 e. The highest BCUT2D eigenvalue weighted by atomic mass is 35.5. The number of carbonyl (C=O) groups is 1. The van der Waals surface area contributed by atoms with Gasteiger partial charge in [0.2, 0.25) is 41.1 Å². The molecule has 13 rings (SSSR count). The summed E-state index contributed by atoms with van der Waals surface area (Å²) in [5.41, 5.74) is 4.10. The van der Waals surface area contributed by atoms with Gasteiger partial charge in [-0.2, -0.15) is 8.42 Å². The molecule has 0 radical (unpaired) electrons. The van der Waals surface area contributed by atoms with Crippen LogP contribution in [0, 0.1) is 0 Å². The first kappa shape index (κ1) is 62.3. The Labute approximate surface area is 527 Å². The summed E-state index contributed by atoms with van der Waals surface area (Å²) in [7, 11) is -4.31. The minimum atomic E-state index is -5.25. The largest absolute Gasteiger partial charge is 0.508 e. The number of carbonyl (C=O) groups excluding carboxylic acids is 1. The van der Waals surface area contributed by atoms with Crippen LogP contribution in [0.1, 0.15) is 75.3 Å². The highest BCUT2D eigenvalue weighted by Gasteiger charge is 2.38. The fraction of sp³-hybridized carbons (Fsp3) is 0.169. The number of methoxy groups -OCH3 is 1. The first-order valence-electron chi connectivity index (χ1n) is 26.4. The first-order chi connectivity index (χ1) is 43.1. The summed E-state index contributed by atoms with van der Waals surface area (Å²) < 4.78 is 62.1. The van der Waals surface area contributed by atoms with E-state index in [9.17, 15) is 79.0 Å². The quantitative estimate of drug-likeness (QED) is 0.0577. The van der Waals surface area contributed by atoms with Crippen molar-refractivity contribution in [3.05, 3.63) is 163 Å². The zero-order valence-corrected chi connectivity index (χ0v) is 49.2. The number of rotatable bonds is 3. The fourth-order valence-corrected chi connectivity index (χ4v) is 11.3. The molecule has 0 aromatic heterocycles. The maximum atomic E-state index is 13.7. The number of aliphatic hydroxyl groups is 7. The molecule has 8 atom stereocenters. The molecule has 2 unspecified atom stereocenters. The molecule has 0 saturated carbocycles. The molecule has 6 heterocycles. The lowest BCUT2D eigenvalue weighted by atomic mass is 9.90. The van der Waals surface area contributed by atoms with Crippen LogP contribution in [0.2, 0.25) is 15.1 Å². The normalized spacial score (nSPS) is 21.5. The molecular weight excluding hydrogens is 1280 g/mol. The number of nitrogens with zero attached hydrogens (tertiary/aromatic N) is 6. The summed E-state index contributed by atoms with van der Waals surface area (Å²) in [5.74, 6) is -14.9. The maximum absolute atomic E-state index is 13.7. The van der Waals surface area contributed by atoms with Gasteiger partial charge in [0.1, 0.15) is 58.4 Å². The number of aromatic hydroxyl groups is 5. The predicted octanol–water partition coefficient (Wildman–Crippen LogP) is 10.2. The molecule has 0 spiro atoms. The number of benzene rings is 7. The van der Waals surface area contributed by atoms with Gasteiger partial charge in [0, 0.05) is 35.2 Å². The lowest BCUT2D eigenvalue weighted by molar-refractivity contribution is -0.142.